The minimum atomic E-state index is -0.357. The lowest BCUT2D eigenvalue weighted by atomic mass is 9.85. The zero-order valence-corrected chi connectivity index (χ0v) is 13.6. The summed E-state index contributed by atoms with van der Waals surface area (Å²) >= 11 is 0. The summed E-state index contributed by atoms with van der Waals surface area (Å²) in [6, 6.07) is 12.2. The molecule has 0 aliphatic heterocycles. The van der Waals surface area contributed by atoms with Gasteiger partial charge in [0.15, 0.2) is 0 Å². The highest BCUT2D eigenvalue weighted by Crippen LogP contribution is 2.31. The van der Waals surface area contributed by atoms with Gasteiger partial charge in [-0.1, -0.05) is 6.07 Å². The zero-order valence-electron chi connectivity index (χ0n) is 13.6. The van der Waals surface area contributed by atoms with E-state index in [0.717, 1.165) is 48.4 Å². The van der Waals surface area contributed by atoms with Gasteiger partial charge in [0, 0.05) is 12.6 Å². The van der Waals surface area contributed by atoms with Crippen LogP contribution in [0, 0.1) is 23.1 Å². The lowest BCUT2D eigenvalue weighted by Crippen LogP contribution is -2.16. The van der Waals surface area contributed by atoms with Crippen LogP contribution in [0.5, 0.6) is 0 Å². The fourth-order valence-electron chi connectivity index (χ4n) is 3.39. The molecule has 0 amide bonds. The molecule has 0 radical (unpaired) electrons. The van der Waals surface area contributed by atoms with Crippen LogP contribution in [0.1, 0.15) is 29.0 Å². The maximum atomic E-state index is 13.6. The van der Waals surface area contributed by atoms with Gasteiger partial charge in [-0.05, 0) is 61.1 Å². The van der Waals surface area contributed by atoms with Crippen molar-refractivity contribution in [3.8, 4) is 17.7 Å². The van der Waals surface area contributed by atoms with Crippen LogP contribution >= 0.6 is 0 Å². The van der Waals surface area contributed by atoms with E-state index < -0.39 is 0 Å². The summed E-state index contributed by atoms with van der Waals surface area (Å²) in [5.41, 5.74) is 2.93. The SMILES string of the molecule is N#Cc1cc(F)cc(CC2CCc3oc(-c4ccccn4)nc3C2)c1. The van der Waals surface area contributed by atoms with E-state index in [9.17, 15) is 4.39 Å². The van der Waals surface area contributed by atoms with Gasteiger partial charge in [-0.3, -0.25) is 4.98 Å². The molecule has 0 N–H and O–H groups in total. The van der Waals surface area contributed by atoms with Crippen LogP contribution in [-0.4, -0.2) is 9.97 Å². The number of oxazole rings is 1. The van der Waals surface area contributed by atoms with E-state index in [-0.39, 0.29) is 5.82 Å². The minimum absolute atomic E-state index is 0.357. The molecular weight excluding hydrogens is 317 g/mol. The van der Waals surface area contributed by atoms with Crippen LogP contribution in [0.4, 0.5) is 4.39 Å². The van der Waals surface area contributed by atoms with Gasteiger partial charge >= 0.3 is 0 Å². The van der Waals surface area contributed by atoms with Gasteiger partial charge in [0.2, 0.25) is 5.89 Å². The molecule has 0 bridgehead atoms. The Kier molecular flexibility index (Phi) is 4.02. The first-order chi connectivity index (χ1) is 12.2. The Morgan fingerprint density at radius 1 is 1.28 bits per heavy atom. The number of pyridine rings is 1. The Balaban J connectivity index is 1.53. The van der Waals surface area contributed by atoms with Crippen molar-refractivity contribution in [3.63, 3.8) is 0 Å². The third-order valence-corrected chi connectivity index (χ3v) is 4.53. The summed E-state index contributed by atoms with van der Waals surface area (Å²) in [5, 5.41) is 8.99. The van der Waals surface area contributed by atoms with Gasteiger partial charge in [-0.2, -0.15) is 5.26 Å². The average molecular weight is 333 g/mol. The molecule has 1 atom stereocenters. The molecule has 0 spiro atoms. The number of fused-ring (bicyclic) bond motifs is 1. The minimum Gasteiger partial charge on any atom is -0.440 e. The van der Waals surface area contributed by atoms with Gasteiger partial charge in [-0.25, -0.2) is 9.37 Å². The molecular formula is C20H16FN3O. The van der Waals surface area contributed by atoms with Gasteiger partial charge in [0.1, 0.15) is 17.3 Å². The quantitative estimate of drug-likeness (QED) is 0.724. The Morgan fingerprint density at radius 2 is 2.20 bits per heavy atom. The van der Waals surface area contributed by atoms with E-state index in [2.05, 4.69) is 9.97 Å². The van der Waals surface area contributed by atoms with E-state index >= 15 is 0 Å². The van der Waals surface area contributed by atoms with E-state index in [1.54, 1.807) is 12.3 Å². The second-order valence-corrected chi connectivity index (χ2v) is 6.38. The Morgan fingerprint density at radius 3 is 3.00 bits per heavy atom. The van der Waals surface area contributed by atoms with E-state index in [1.807, 2.05) is 24.3 Å². The summed E-state index contributed by atoms with van der Waals surface area (Å²) in [4.78, 5) is 8.89. The third kappa shape index (κ3) is 3.29. The Bertz CT molecular complexity index is 943. The Labute approximate surface area is 145 Å². The maximum Gasteiger partial charge on any atom is 0.245 e. The van der Waals surface area contributed by atoms with E-state index in [0.29, 0.717) is 17.4 Å². The van der Waals surface area contributed by atoms with Crippen LogP contribution in [0.15, 0.2) is 47.0 Å². The van der Waals surface area contributed by atoms with Crippen LogP contribution in [0.3, 0.4) is 0 Å². The lowest BCUT2D eigenvalue weighted by Gasteiger charge is -2.20. The monoisotopic (exact) mass is 333 g/mol. The maximum absolute atomic E-state index is 13.6. The van der Waals surface area contributed by atoms with Crippen molar-refractivity contribution in [2.45, 2.75) is 25.7 Å². The summed E-state index contributed by atoms with van der Waals surface area (Å²) in [7, 11) is 0. The van der Waals surface area contributed by atoms with Crippen molar-refractivity contribution in [2.75, 3.05) is 0 Å². The molecule has 1 aliphatic rings. The number of hydrogen-bond acceptors (Lipinski definition) is 4. The van der Waals surface area contributed by atoms with Crippen molar-refractivity contribution in [3.05, 3.63) is 71.0 Å². The predicted molar refractivity (Wildman–Crippen MR) is 90.1 cm³/mol. The number of aromatic nitrogens is 2. The second-order valence-electron chi connectivity index (χ2n) is 6.38. The van der Waals surface area contributed by atoms with Gasteiger partial charge < -0.3 is 4.42 Å². The molecule has 3 aromatic rings. The highest BCUT2D eigenvalue weighted by molar-refractivity contribution is 5.47. The normalized spacial score (nSPS) is 16.2. The molecule has 4 nitrogen and oxygen atoms in total. The number of nitriles is 1. The largest absolute Gasteiger partial charge is 0.440 e. The van der Waals surface area contributed by atoms with E-state index in [4.69, 9.17) is 9.68 Å². The molecule has 2 aromatic heterocycles. The lowest BCUT2D eigenvalue weighted by molar-refractivity contribution is 0.404. The van der Waals surface area contributed by atoms with Crippen LogP contribution in [0.25, 0.3) is 11.6 Å². The first-order valence-corrected chi connectivity index (χ1v) is 8.31. The number of benzene rings is 1. The van der Waals surface area contributed by atoms with Crippen molar-refractivity contribution < 1.29 is 8.81 Å². The number of halogens is 1. The van der Waals surface area contributed by atoms with Crippen LogP contribution < -0.4 is 0 Å². The number of rotatable bonds is 3. The molecule has 2 heterocycles. The van der Waals surface area contributed by atoms with Crippen LogP contribution in [-0.2, 0) is 19.3 Å². The van der Waals surface area contributed by atoms with Crippen molar-refractivity contribution in [1.82, 2.24) is 9.97 Å². The molecule has 124 valence electrons. The van der Waals surface area contributed by atoms with Crippen molar-refractivity contribution >= 4 is 0 Å². The van der Waals surface area contributed by atoms with Gasteiger partial charge in [0.25, 0.3) is 0 Å². The number of aryl methyl sites for hydroxylation is 1. The molecule has 1 aromatic carbocycles. The predicted octanol–water partition coefficient (Wildman–Crippen LogP) is 4.09. The molecule has 0 saturated heterocycles. The van der Waals surface area contributed by atoms with Gasteiger partial charge in [-0.15, -0.1) is 0 Å². The molecule has 4 rings (SSSR count). The topological polar surface area (TPSA) is 62.7 Å². The number of nitrogens with zero attached hydrogens (tertiary/aromatic N) is 3. The fraction of sp³-hybridized carbons (Fsp3) is 0.250. The average Bonchev–Trinajstić information content (AvgIpc) is 3.05. The third-order valence-electron chi connectivity index (χ3n) is 4.53. The van der Waals surface area contributed by atoms with Crippen molar-refractivity contribution in [1.29, 1.82) is 5.26 Å². The first-order valence-electron chi connectivity index (χ1n) is 8.31. The van der Waals surface area contributed by atoms with E-state index in [1.165, 1.54) is 12.1 Å². The summed E-state index contributed by atoms with van der Waals surface area (Å²) in [5.74, 6) is 1.49. The Hall–Kier alpha value is -3.00. The number of hydrogen-bond donors (Lipinski definition) is 0. The first kappa shape index (κ1) is 15.5. The summed E-state index contributed by atoms with van der Waals surface area (Å²) < 4.78 is 19.5. The smallest absolute Gasteiger partial charge is 0.245 e. The molecule has 5 heteroatoms. The molecule has 0 saturated carbocycles. The zero-order chi connectivity index (χ0) is 17.2. The fourth-order valence-corrected chi connectivity index (χ4v) is 3.39. The van der Waals surface area contributed by atoms with Crippen LogP contribution in [0.2, 0.25) is 0 Å². The standard InChI is InChI=1S/C20H16FN3O/c21-16-9-14(8-15(10-16)12-22)7-13-4-5-19-18(11-13)24-20(25-19)17-3-1-2-6-23-17/h1-3,6,8-10,13H,4-5,7,11H2. The molecule has 0 fully saturated rings. The summed E-state index contributed by atoms with van der Waals surface area (Å²) in [6.07, 6.45) is 5.03. The second kappa shape index (κ2) is 6.48. The summed E-state index contributed by atoms with van der Waals surface area (Å²) in [6.45, 7) is 0. The highest BCUT2D eigenvalue weighted by atomic mass is 19.1. The van der Waals surface area contributed by atoms with Gasteiger partial charge in [0.05, 0.1) is 17.3 Å². The molecule has 1 unspecified atom stereocenters. The molecule has 25 heavy (non-hydrogen) atoms. The molecule has 1 aliphatic carbocycles. The van der Waals surface area contributed by atoms with Crippen molar-refractivity contribution in [2.24, 2.45) is 5.92 Å². The highest BCUT2D eigenvalue weighted by Gasteiger charge is 2.25.